The summed E-state index contributed by atoms with van der Waals surface area (Å²) in [4.78, 5) is 0. The van der Waals surface area contributed by atoms with Crippen LogP contribution in [0.3, 0.4) is 0 Å². The van der Waals surface area contributed by atoms with Gasteiger partial charge in [0.05, 0.1) is 11.7 Å². The third kappa shape index (κ3) is 2.77. The van der Waals surface area contributed by atoms with Crippen molar-refractivity contribution in [3.05, 3.63) is 35.9 Å². The van der Waals surface area contributed by atoms with Crippen molar-refractivity contribution < 1.29 is 4.74 Å². The van der Waals surface area contributed by atoms with Crippen molar-refractivity contribution in [3.63, 3.8) is 0 Å². The van der Waals surface area contributed by atoms with Gasteiger partial charge in [-0.25, -0.2) is 0 Å². The maximum atomic E-state index is 6.71. The van der Waals surface area contributed by atoms with E-state index in [-0.39, 0.29) is 11.7 Å². The van der Waals surface area contributed by atoms with Gasteiger partial charge < -0.3 is 10.1 Å². The van der Waals surface area contributed by atoms with Gasteiger partial charge >= 0.3 is 0 Å². The van der Waals surface area contributed by atoms with E-state index in [1.54, 1.807) is 0 Å². The minimum absolute atomic E-state index is 0.0733. The first-order valence-corrected chi connectivity index (χ1v) is 8.18. The molecule has 1 saturated heterocycles. The molecule has 4 atom stereocenters. The van der Waals surface area contributed by atoms with Crippen molar-refractivity contribution in [2.24, 2.45) is 5.92 Å². The Morgan fingerprint density at radius 2 is 2.10 bits per heavy atom. The van der Waals surface area contributed by atoms with Crippen molar-refractivity contribution in [1.29, 1.82) is 0 Å². The maximum absolute atomic E-state index is 6.71. The standard InChI is InChI=1S/C18H27NO/c1-3-16-17(15-9-5-4-6-10-15)20-18(13-19-16)11-7-8-14(2)12-18/h4-6,9-10,14,16-17,19H,3,7-8,11-13H2,1-2H3. The molecule has 1 spiro atoms. The first-order chi connectivity index (χ1) is 9.72. The zero-order chi connectivity index (χ0) is 14.0. The van der Waals surface area contributed by atoms with Gasteiger partial charge in [0.2, 0.25) is 0 Å². The molecule has 110 valence electrons. The summed E-state index contributed by atoms with van der Waals surface area (Å²) in [6.45, 7) is 5.64. The van der Waals surface area contributed by atoms with Gasteiger partial charge in [-0.2, -0.15) is 0 Å². The lowest BCUT2D eigenvalue weighted by Gasteiger charge is -2.49. The zero-order valence-electron chi connectivity index (χ0n) is 12.8. The highest BCUT2D eigenvalue weighted by atomic mass is 16.5. The molecule has 2 aliphatic rings. The molecule has 1 saturated carbocycles. The summed E-state index contributed by atoms with van der Waals surface area (Å²) in [6.07, 6.45) is 6.41. The average Bonchev–Trinajstić information content (AvgIpc) is 2.48. The van der Waals surface area contributed by atoms with E-state index in [2.05, 4.69) is 49.5 Å². The Labute approximate surface area is 122 Å². The lowest BCUT2D eigenvalue weighted by molar-refractivity contribution is -0.160. The van der Waals surface area contributed by atoms with E-state index in [0.29, 0.717) is 6.04 Å². The highest BCUT2D eigenvalue weighted by molar-refractivity contribution is 5.20. The van der Waals surface area contributed by atoms with Crippen LogP contribution in [-0.4, -0.2) is 18.2 Å². The molecule has 20 heavy (non-hydrogen) atoms. The number of hydrogen-bond donors (Lipinski definition) is 1. The second-order valence-electron chi connectivity index (χ2n) is 6.73. The molecule has 0 amide bonds. The largest absolute Gasteiger partial charge is 0.364 e. The fourth-order valence-corrected chi connectivity index (χ4v) is 4.00. The first-order valence-electron chi connectivity index (χ1n) is 8.18. The van der Waals surface area contributed by atoms with Crippen LogP contribution < -0.4 is 5.32 Å². The summed E-state index contributed by atoms with van der Waals surface area (Å²) < 4.78 is 6.71. The van der Waals surface area contributed by atoms with Gasteiger partial charge in [0.1, 0.15) is 0 Å². The smallest absolute Gasteiger partial charge is 0.0985 e. The quantitative estimate of drug-likeness (QED) is 0.877. The van der Waals surface area contributed by atoms with Gasteiger partial charge in [0.15, 0.2) is 0 Å². The fraction of sp³-hybridized carbons (Fsp3) is 0.667. The summed E-state index contributed by atoms with van der Waals surface area (Å²) >= 11 is 0. The average molecular weight is 273 g/mol. The van der Waals surface area contributed by atoms with E-state index in [9.17, 15) is 0 Å². The van der Waals surface area contributed by atoms with Crippen molar-refractivity contribution >= 4 is 0 Å². The molecule has 0 bridgehead atoms. The Bertz CT molecular complexity index is 432. The van der Waals surface area contributed by atoms with Crippen LogP contribution >= 0.6 is 0 Å². The Kier molecular flexibility index (Phi) is 4.13. The first kappa shape index (κ1) is 14.1. The molecule has 1 N–H and O–H groups in total. The molecule has 3 rings (SSSR count). The molecule has 1 heterocycles. The van der Waals surface area contributed by atoms with Crippen LogP contribution in [0.1, 0.15) is 57.6 Å². The molecular weight excluding hydrogens is 246 g/mol. The van der Waals surface area contributed by atoms with Crippen LogP contribution in [0.15, 0.2) is 30.3 Å². The van der Waals surface area contributed by atoms with Gasteiger partial charge in [-0.05, 0) is 30.7 Å². The van der Waals surface area contributed by atoms with Gasteiger partial charge in [-0.15, -0.1) is 0 Å². The van der Waals surface area contributed by atoms with Gasteiger partial charge in [0.25, 0.3) is 0 Å². The highest BCUT2D eigenvalue weighted by Gasteiger charge is 2.43. The molecule has 4 unspecified atom stereocenters. The van der Waals surface area contributed by atoms with Gasteiger partial charge in [0, 0.05) is 12.6 Å². The molecule has 1 aliphatic heterocycles. The Morgan fingerprint density at radius 3 is 2.80 bits per heavy atom. The molecule has 0 aromatic heterocycles. The van der Waals surface area contributed by atoms with Crippen LogP contribution in [0.25, 0.3) is 0 Å². The lowest BCUT2D eigenvalue weighted by Crippen LogP contribution is -2.57. The molecule has 1 aliphatic carbocycles. The van der Waals surface area contributed by atoms with E-state index in [1.807, 2.05) is 0 Å². The van der Waals surface area contributed by atoms with E-state index in [0.717, 1.165) is 18.9 Å². The summed E-state index contributed by atoms with van der Waals surface area (Å²) in [6, 6.07) is 11.2. The monoisotopic (exact) mass is 273 g/mol. The third-order valence-corrected chi connectivity index (χ3v) is 5.05. The Hall–Kier alpha value is -0.860. The number of morpholine rings is 1. The van der Waals surface area contributed by atoms with Gasteiger partial charge in [-0.1, -0.05) is 57.0 Å². The molecule has 2 fully saturated rings. The number of rotatable bonds is 2. The normalized spacial score (nSPS) is 38.0. The van der Waals surface area contributed by atoms with E-state index in [1.165, 1.54) is 31.2 Å². The van der Waals surface area contributed by atoms with Crippen LogP contribution in [0.5, 0.6) is 0 Å². The molecule has 2 heteroatoms. The number of benzene rings is 1. The van der Waals surface area contributed by atoms with Crippen LogP contribution in [0.4, 0.5) is 0 Å². The number of nitrogens with one attached hydrogen (secondary N) is 1. The molecule has 2 nitrogen and oxygen atoms in total. The number of ether oxygens (including phenoxy) is 1. The predicted molar refractivity (Wildman–Crippen MR) is 82.7 cm³/mol. The summed E-state index contributed by atoms with van der Waals surface area (Å²) in [5.74, 6) is 0.792. The highest BCUT2D eigenvalue weighted by Crippen LogP contribution is 2.42. The summed E-state index contributed by atoms with van der Waals surface area (Å²) in [5, 5.41) is 3.77. The third-order valence-electron chi connectivity index (χ3n) is 5.05. The fourth-order valence-electron chi connectivity index (χ4n) is 4.00. The van der Waals surface area contributed by atoms with Crippen LogP contribution in [-0.2, 0) is 4.74 Å². The van der Waals surface area contributed by atoms with E-state index >= 15 is 0 Å². The van der Waals surface area contributed by atoms with Crippen LogP contribution in [0, 0.1) is 5.92 Å². The zero-order valence-corrected chi connectivity index (χ0v) is 12.8. The molecule has 1 aromatic carbocycles. The van der Waals surface area contributed by atoms with Crippen molar-refractivity contribution in [2.75, 3.05) is 6.54 Å². The summed E-state index contributed by atoms with van der Waals surface area (Å²) in [7, 11) is 0. The Balaban J connectivity index is 1.82. The van der Waals surface area contributed by atoms with E-state index < -0.39 is 0 Å². The topological polar surface area (TPSA) is 21.3 Å². The minimum atomic E-state index is 0.0733. The second-order valence-corrected chi connectivity index (χ2v) is 6.73. The Morgan fingerprint density at radius 1 is 1.30 bits per heavy atom. The molecule has 0 radical (unpaired) electrons. The minimum Gasteiger partial charge on any atom is -0.364 e. The SMILES string of the molecule is CCC1NCC2(CCCC(C)C2)OC1c1ccccc1. The lowest BCUT2D eigenvalue weighted by atomic mass is 9.77. The van der Waals surface area contributed by atoms with Crippen molar-refractivity contribution in [3.8, 4) is 0 Å². The van der Waals surface area contributed by atoms with E-state index in [4.69, 9.17) is 4.74 Å². The van der Waals surface area contributed by atoms with Crippen molar-refractivity contribution in [2.45, 2.75) is 63.7 Å². The molecular formula is C18H27NO. The summed E-state index contributed by atoms with van der Waals surface area (Å²) in [5.41, 5.74) is 1.40. The molecule has 1 aromatic rings. The maximum Gasteiger partial charge on any atom is 0.0985 e. The predicted octanol–water partition coefficient (Wildman–Crippen LogP) is 4.08. The second kappa shape index (κ2) is 5.87. The number of hydrogen-bond acceptors (Lipinski definition) is 2. The van der Waals surface area contributed by atoms with Crippen molar-refractivity contribution in [1.82, 2.24) is 5.32 Å². The van der Waals surface area contributed by atoms with Crippen LogP contribution in [0.2, 0.25) is 0 Å². The van der Waals surface area contributed by atoms with Gasteiger partial charge in [-0.3, -0.25) is 0 Å².